The maximum atomic E-state index is 14.5. The fourth-order valence-corrected chi connectivity index (χ4v) is 5.94. The number of ether oxygens (including phenoxy) is 1. The van der Waals surface area contributed by atoms with Crippen LogP contribution in [0.4, 0.5) is 10.1 Å². The zero-order valence-electron chi connectivity index (χ0n) is 19.7. The summed E-state index contributed by atoms with van der Waals surface area (Å²) in [7, 11) is 0. The summed E-state index contributed by atoms with van der Waals surface area (Å²) in [4.78, 5) is 15.7. The van der Waals surface area contributed by atoms with E-state index in [-0.39, 0.29) is 17.5 Å². The summed E-state index contributed by atoms with van der Waals surface area (Å²) in [5.41, 5.74) is 2.63. The summed E-state index contributed by atoms with van der Waals surface area (Å²) >= 11 is -0.993. The lowest BCUT2D eigenvalue weighted by atomic mass is 10.1. The number of rotatable bonds is 7. The maximum absolute atomic E-state index is 14.5. The van der Waals surface area contributed by atoms with E-state index in [4.69, 9.17) is 4.74 Å². The monoisotopic (exact) mass is 496 g/mol. The van der Waals surface area contributed by atoms with Gasteiger partial charge in [0.1, 0.15) is 29.0 Å². The van der Waals surface area contributed by atoms with Gasteiger partial charge >= 0.3 is 5.56 Å². The lowest BCUT2D eigenvalue weighted by Gasteiger charge is -2.36. The standard InChI is InChI=1S/C26H29FN4O3S/c1-2-15-35(33)30-13-11-29(12-14-30)24-18-28-31(23-10-6-5-9-22(23)27)26(32)25(24)34-21-16-19-7-3-4-8-20(19)17-21/h3-10,18,21H,2,11-17H2,1H3. The predicted molar refractivity (Wildman–Crippen MR) is 135 cm³/mol. The van der Waals surface area contributed by atoms with Crippen molar-refractivity contribution in [2.75, 3.05) is 36.8 Å². The molecule has 1 unspecified atom stereocenters. The van der Waals surface area contributed by atoms with Gasteiger partial charge in [0.2, 0.25) is 5.75 Å². The Hall–Kier alpha value is -2.88. The van der Waals surface area contributed by atoms with Gasteiger partial charge in [-0.2, -0.15) is 9.78 Å². The topological polar surface area (TPSA) is 73.7 Å². The van der Waals surface area contributed by atoms with Gasteiger partial charge in [-0.1, -0.05) is 43.3 Å². The van der Waals surface area contributed by atoms with E-state index in [1.54, 1.807) is 18.3 Å². The van der Waals surface area contributed by atoms with Crippen molar-refractivity contribution >= 4 is 17.0 Å². The molecule has 0 amide bonds. The highest BCUT2D eigenvalue weighted by Crippen LogP contribution is 2.31. The van der Waals surface area contributed by atoms with Crippen molar-refractivity contribution in [1.82, 2.24) is 14.1 Å². The summed E-state index contributed by atoms with van der Waals surface area (Å²) in [6, 6.07) is 14.3. The molecule has 2 aliphatic rings. The molecular formula is C26H29FN4O3S. The van der Waals surface area contributed by atoms with Crippen LogP contribution in [0.1, 0.15) is 24.5 Å². The third kappa shape index (κ3) is 4.94. The zero-order chi connectivity index (χ0) is 24.4. The van der Waals surface area contributed by atoms with Crippen molar-refractivity contribution in [2.24, 2.45) is 0 Å². The average molecular weight is 497 g/mol. The quantitative estimate of drug-likeness (QED) is 0.468. The van der Waals surface area contributed by atoms with Crippen LogP contribution >= 0.6 is 0 Å². The molecule has 1 atom stereocenters. The molecule has 2 aromatic carbocycles. The fraction of sp³-hybridized carbons (Fsp3) is 0.385. The average Bonchev–Trinajstić information content (AvgIpc) is 3.29. The van der Waals surface area contributed by atoms with Crippen LogP contribution in [-0.4, -0.2) is 56.7 Å². The normalized spacial score (nSPS) is 17.4. The molecule has 1 aliphatic heterocycles. The summed E-state index contributed by atoms with van der Waals surface area (Å²) in [6.07, 6.45) is 3.69. The van der Waals surface area contributed by atoms with Gasteiger partial charge < -0.3 is 14.2 Å². The van der Waals surface area contributed by atoms with Crippen LogP contribution in [0.3, 0.4) is 0 Å². The molecule has 7 nitrogen and oxygen atoms in total. The minimum atomic E-state index is -0.993. The molecule has 1 aromatic heterocycles. The highest BCUT2D eigenvalue weighted by atomic mass is 32.2. The second-order valence-corrected chi connectivity index (χ2v) is 10.5. The van der Waals surface area contributed by atoms with Crippen molar-refractivity contribution < 1.29 is 13.7 Å². The van der Waals surface area contributed by atoms with E-state index < -0.39 is 22.7 Å². The number of piperazine rings is 1. The van der Waals surface area contributed by atoms with Crippen LogP contribution in [0.15, 0.2) is 59.5 Å². The SMILES string of the molecule is CCC[S+]([O-])N1CCN(c2cnn(-c3ccccc3F)c(=O)c2OC2Cc3ccccc3C2)CC1. The van der Waals surface area contributed by atoms with Gasteiger partial charge in [0.25, 0.3) is 0 Å². The minimum Gasteiger partial charge on any atom is -0.598 e. The summed E-state index contributed by atoms with van der Waals surface area (Å²) in [6.45, 7) is 4.47. The molecule has 0 saturated carbocycles. The molecule has 1 saturated heterocycles. The van der Waals surface area contributed by atoms with Crippen LogP contribution in [0, 0.1) is 5.82 Å². The number of hydrogen-bond donors (Lipinski definition) is 0. The van der Waals surface area contributed by atoms with Crippen LogP contribution in [0.5, 0.6) is 5.75 Å². The molecule has 0 N–H and O–H groups in total. The molecule has 184 valence electrons. The van der Waals surface area contributed by atoms with Crippen LogP contribution in [-0.2, 0) is 24.2 Å². The number of hydrogen-bond acceptors (Lipinski definition) is 6. The molecule has 0 spiro atoms. The van der Waals surface area contributed by atoms with Crippen molar-refractivity contribution in [3.8, 4) is 11.4 Å². The maximum Gasteiger partial charge on any atom is 0.316 e. The van der Waals surface area contributed by atoms with Gasteiger partial charge in [0.15, 0.2) is 0 Å². The van der Waals surface area contributed by atoms with E-state index in [1.165, 1.54) is 23.3 Å². The van der Waals surface area contributed by atoms with Crippen LogP contribution in [0.2, 0.25) is 0 Å². The number of aromatic nitrogens is 2. The molecular weight excluding hydrogens is 467 g/mol. The van der Waals surface area contributed by atoms with Gasteiger partial charge in [-0.05, 0) is 29.7 Å². The number of fused-ring (bicyclic) bond motifs is 1. The van der Waals surface area contributed by atoms with Gasteiger partial charge in [-0.15, -0.1) is 4.31 Å². The Kier molecular flexibility index (Phi) is 7.08. The molecule has 9 heteroatoms. The Bertz CT molecular complexity index is 1220. The van der Waals surface area contributed by atoms with E-state index >= 15 is 0 Å². The lowest BCUT2D eigenvalue weighted by molar-refractivity contribution is 0.209. The van der Waals surface area contributed by atoms with E-state index in [0.717, 1.165) is 11.1 Å². The highest BCUT2D eigenvalue weighted by Gasteiger charge is 2.30. The fourth-order valence-electron chi connectivity index (χ4n) is 4.77. The smallest absolute Gasteiger partial charge is 0.316 e. The molecule has 3 aromatic rings. The van der Waals surface area contributed by atoms with Crippen molar-refractivity contribution in [1.29, 1.82) is 0 Å². The number of benzene rings is 2. The van der Waals surface area contributed by atoms with Crippen LogP contribution < -0.4 is 15.2 Å². The van der Waals surface area contributed by atoms with Gasteiger partial charge in [0, 0.05) is 37.3 Å². The molecule has 0 bridgehead atoms. The number of halogens is 1. The molecule has 1 aliphatic carbocycles. The van der Waals surface area contributed by atoms with Crippen molar-refractivity contribution in [3.63, 3.8) is 0 Å². The number of para-hydroxylation sites is 1. The van der Waals surface area contributed by atoms with Gasteiger partial charge in [-0.25, -0.2) is 4.39 Å². The van der Waals surface area contributed by atoms with Crippen LogP contribution in [0.25, 0.3) is 5.69 Å². The second kappa shape index (κ2) is 10.4. The Morgan fingerprint density at radius 2 is 1.69 bits per heavy atom. The summed E-state index contributed by atoms with van der Waals surface area (Å²) in [5.74, 6) is 0.307. The van der Waals surface area contributed by atoms with E-state index in [9.17, 15) is 13.7 Å². The first-order valence-electron chi connectivity index (χ1n) is 12.0. The number of nitrogens with zero attached hydrogens (tertiary/aromatic N) is 4. The Morgan fingerprint density at radius 3 is 2.34 bits per heavy atom. The molecule has 1 fully saturated rings. The Morgan fingerprint density at radius 1 is 1.03 bits per heavy atom. The van der Waals surface area contributed by atoms with Gasteiger partial charge in [0.05, 0.1) is 19.3 Å². The molecule has 2 heterocycles. The molecule has 35 heavy (non-hydrogen) atoms. The minimum absolute atomic E-state index is 0.0865. The van der Waals surface area contributed by atoms with Gasteiger partial charge in [-0.3, -0.25) is 4.79 Å². The third-order valence-corrected chi connectivity index (χ3v) is 8.24. The van der Waals surface area contributed by atoms with Crippen molar-refractivity contribution in [3.05, 3.63) is 82.0 Å². The van der Waals surface area contributed by atoms with E-state index in [0.29, 0.717) is 50.5 Å². The lowest BCUT2D eigenvalue weighted by Crippen LogP contribution is -2.49. The second-order valence-electron chi connectivity index (χ2n) is 8.89. The first kappa shape index (κ1) is 23.8. The third-order valence-electron chi connectivity index (χ3n) is 6.54. The largest absolute Gasteiger partial charge is 0.598 e. The highest BCUT2D eigenvalue weighted by molar-refractivity contribution is 7.89. The first-order valence-corrected chi connectivity index (χ1v) is 13.3. The summed E-state index contributed by atoms with van der Waals surface area (Å²) in [5, 5.41) is 4.31. The van der Waals surface area contributed by atoms with E-state index in [1.807, 2.05) is 23.4 Å². The summed E-state index contributed by atoms with van der Waals surface area (Å²) < 4.78 is 36.4. The first-order chi connectivity index (χ1) is 17.0. The zero-order valence-corrected chi connectivity index (χ0v) is 20.5. The Labute approximate surface area is 207 Å². The Balaban J connectivity index is 1.46. The molecule has 5 rings (SSSR count). The van der Waals surface area contributed by atoms with E-state index in [2.05, 4.69) is 22.1 Å². The molecule has 0 radical (unpaired) electrons. The number of anilines is 1. The predicted octanol–water partition coefficient (Wildman–Crippen LogP) is 3.11. The van der Waals surface area contributed by atoms with Crippen molar-refractivity contribution in [2.45, 2.75) is 32.3 Å².